The van der Waals surface area contributed by atoms with Gasteiger partial charge in [-0.25, -0.2) is 4.39 Å². The molecule has 1 aliphatic rings. The molecule has 0 aromatic heterocycles. The SMILES string of the molecule is CCc1ccc(N2CC[C@@H](C(=O)Nc3ccc(C)c(F)c3)C2=O)cc1. The summed E-state index contributed by atoms with van der Waals surface area (Å²) in [5, 5.41) is 2.65. The van der Waals surface area contributed by atoms with Crippen LogP contribution >= 0.6 is 0 Å². The molecule has 130 valence electrons. The number of carbonyl (C=O) groups excluding carboxylic acids is 2. The zero-order chi connectivity index (χ0) is 18.0. The third-order valence-electron chi connectivity index (χ3n) is 4.62. The summed E-state index contributed by atoms with van der Waals surface area (Å²) >= 11 is 0. The first-order valence-electron chi connectivity index (χ1n) is 8.47. The summed E-state index contributed by atoms with van der Waals surface area (Å²) < 4.78 is 13.6. The van der Waals surface area contributed by atoms with Gasteiger partial charge in [-0.05, 0) is 55.2 Å². The molecule has 4 nitrogen and oxygen atoms in total. The van der Waals surface area contributed by atoms with E-state index in [-0.39, 0.29) is 17.6 Å². The van der Waals surface area contributed by atoms with Crippen molar-refractivity contribution in [2.75, 3.05) is 16.8 Å². The molecule has 2 amide bonds. The van der Waals surface area contributed by atoms with E-state index in [2.05, 4.69) is 12.2 Å². The number of aryl methyl sites for hydroxylation is 2. The van der Waals surface area contributed by atoms with Crippen molar-refractivity contribution in [2.45, 2.75) is 26.7 Å². The van der Waals surface area contributed by atoms with Crippen molar-refractivity contribution in [1.82, 2.24) is 0 Å². The molecule has 25 heavy (non-hydrogen) atoms. The van der Waals surface area contributed by atoms with Crippen LogP contribution < -0.4 is 10.2 Å². The number of nitrogens with one attached hydrogen (secondary N) is 1. The van der Waals surface area contributed by atoms with E-state index in [1.54, 1.807) is 24.0 Å². The van der Waals surface area contributed by atoms with Crippen molar-refractivity contribution in [3.8, 4) is 0 Å². The van der Waals surface area contributed by atoms with Crippen LogP contribution in [-0.4, -0.2) is 18.4 Å². The number of rotatable bonds is 4. The molecule has 3 rings (SSSR count). The van der Waals surface area contributed by atoms with Crippen molar-refractivity contribution >= 4 is 23.2 Å². The molecule has 2 aromatic carbocycles. The summed E-state index contributed by atoms with van der Waals surface area (Å²) in [5.74, 6) is -1.72. The van der Waals surface area contributed by atoms with Gasteiger partial charge in [-0.1, -0.05) is 25.1 Å². The summed E-state index contributed by atoms with van der Waals surface area (Å²) in [6.07, 6.45) is 1.39. The number of halogens is 1. The normalized spacial score (nSPS) is 17.0. The number of benzene rings is 2. The number of carbonyl (C=O) groups is 2. The predicted octanol–water partition coefficient (Wildman–Crippen LogP) is 3.69. The van der Waals surface area contributed by atoms with Crippen molar-refractivity contribution in [3.63, 3.8) is 0 Å². The van der Waals surface area contributed by atoms with E-state index in [1.165, 1.54) is 11.6 Å². The Hall–Kier alpha value is -2.69. The van der Waals surface area contributed by atoms with Crippen LogP contribution in [0.25, 0.3) is 0 Å². The smallest absolute Gasteiger partial charge is 0.239 e. The highest BCUT2D eigenvalue weighted by Gasteiger charge is 2.37. The molecule has 1 fully saturated rings. The fourth-order valence-corrected chi connectivity index (χ4v) is 2.99. The average molecular weight is 340 g/mol. The van der Waals surface area contributed by atoms with Gasteiger partial charge in [-0.3, -0.25) is 9.59 Å². The van der Waals surface area contributed by atoms with Gasteiger partial charge in [-0.15, -0.1) is 0 Å². The van der Waals surface area contributed by atoms with E-state index in [4.69, 9.17) is 0 Å². The Morgan fingerprint density at radius 3 is 2.60 bits per heavy atom. The number of hydrogen-bond acceptors (Lipinski definition) is 2. The predicted molar refractivity (Wildman–Crippen MR) is 96.0 cm³/mol. The van der Waals surface area contributed by atoms with Gasteiger partial charge in [0.15, 0.2) is 0 Å². The Morgan fingerprint density at radius 1 is 1.24 bits per heavy atom. The molecule has 1 saturated heterocycles. The number of hydrogen-bond donors (Lipinski definition) is 1. The highest BCUT2D eigenvalue weighted by molar-refractivity contribution is 6.13. The Kier molecular flexibility index (Phi) is 4.83. The second-order valence-electron chi connectivity index (χ2n) is 6.30. The lowest BCUT2D eigenvalue weighted by Crippen LogP contribution is -2.33. The molecule has 0 saturated carbocycles. The fourth-order valence-electron chi connectivity index (χ4n) is 2.99. The minimum absolute atomic E-state index is 0.214. The van der Waals surface area contributed by atoms with E-state index in [1.807, 2.05) is 24.3 Å². The van der Waals surface area contributed by atoms with Gasteiger partial charge < -0.3 is 10.2 Å². The molecular formula is C20H21FN2O2. The van der Waals surface area contributed by atoms with Gasteiger partial charge in [-0.2, -0.15) is 0 Å². The van der Waals surface area contributed by atoms with Crippen LogP contribution in [0, 0.1) is 18.7 Å². The summed E-state index contributed by atoms with van der Waals surface area (Å²) in [5.41, 5.74) is 2.88. The van der Waals surface area contributed by atoms with E-state index in [9.17, 15) is 14.0 Å². The first-order chi connectivity index (χ1) is 12.0. The summed E-state index contributed by atoms with van der Waals surface area (Å²) in [7, 11) is 0. The van der Waals surface area contributed by atoms with E-state index in [0.29, 0.717) is 24.2 Å². The number of anilines is 2. The first-order valence-corrected chi connectivity index (χ1v) is 8.47. The standard InChI is InChI=1S/C20H21FN2O2/c1-3-14-5-8-16(9-6-14)23-11-10-17(20(23)25)19(24)22-15-7-4-13(2)18(21)12-15/h4-9,12,17H,3,10-11H2,1-2H3,(H,22,24)/t17-/m0/s1. The molecule has 0 aliphatic carbocycles. The molecule has 1 N–H and O–H groups in total. The molecule has 0 bridgehead atoms. The van der Waals surface area contributed by atoms with Crippen molar-refractivity contribution in [2.24, 2.45) is 5.92 Å². The lowest BCUT2D eigenvalue weighted by molar-refractivity contribution is -0.129. The van der Waals surface area contributed by atoms with Crippen LogP contribution in [0.1, 0.15) is 24.5 Å². The Morgan fingerprint density at radius 2 is 1.96 bits per heavy atom. The van der Waals surface area contributed by atoms with Gasteiger partial charge in [0, 0.05) is 17.9 Å². The lowest BCUT2D eigenvalue weighted by Gasteiger charge is -2.17. The molecular weight excluding hydrogens is 319 g/mol. The van der Waals surface area contributed by atoms with Gasteiger partial charge in [0.05, 0.1) is 0 Å². The van der Waals surface area contributed by atoms with Crippen LogP contribution in [0.2, 0.25) is 0 Å². The second kappa shape index (κ2) is 7.05. The molecule has 5 heteroatoms. The van der Waals surface area contributed by atoms with Crippen molar-refractivity contribution < 1.29 is 14.0 Å². The average Bonchev–Trinajstić information content (AvgIpc) is 3.00. The molecule has 0 unspecified atom stereocenters. The van der Waals surface area contributed by atoms with Gasteiger partial charge in [0.25, 0.3) is 0 Å². The maximum Gasteiger partial charge on any atom is 0.239 e. The third-order valence-corrected chi connectivity index (χ3v) is 4.62. The minimum atomic E-state index is -0.741. The largest absolute Gasteiger partial charge is 0.325 e. The Bertz CT molecular complexity index is 802. The van der Waals surface area contributed by atoms with Crippen molar-refractivity contribution in [1.29, 1.82) is 0 Å². The van der Waals surface area contributed by atoms with Crippen LogP contribution in [0.15, 0.2) is 42.5 Å². The molecule has 2 aromatic rings. The van der Waals surface area contributed by atoms with Crippen LogP contribution in [-0.2, 0) is 16.0 Å². The van der Waals surface area contributed by atoms with Crippen LogP contribution in [0.4, 0.5) is 15.8 Å². The lowest BCUT2D eigenvalue weighted by atomic mass is 10.1. The highest BCUT2D eigenvalue weighted by atomic mass is 19.1. The molecule has 1 aliphatic heterocycles. The van der Waals surface area contributed by atoms with Gasteiger partial charge >= 0.3 is 0 Å². The van der Waals surface area contributed by atoms with Gasteiger partial charge in [0.2, 0.25) is 11.8 Å². The fraction of sp³-hybridized carbons (Fsp3) is 0.300. The summed E-state index contributed by atoms with van der Waals surface area (Å²) in [4.78, 5) is 26.7. The number of nitrogens with zero attached hydrogens (tertiary/aromatic N) is 1. The van der Waals surface area contributed by atoms with Gasteiger partial charge in [0.1, 0.15) is 11.7 Å². The van der Waals surface area contributed by atoms with E-state index in [0.717, 1.165) is 12.1 Å². The summed E-state index contributed by atoms with van der Waals surface area (Å²) in [6, 6.07) is 12.3. The maximum atomic E-state index is 13.6. The Labute approximate surface area is 146 Å². The molecule has 0 spiro atoms. The molecule has 1 heterocycles. The van der Waals surface area contributed by atoms with Crippen molar-refractivity contribution in [3.05, 3.63) is 59.4 Å². The minimum Gasteiger partial charge on any atom is -0.325 e. The zero-order valence-corrected chi connectivity index (χ0v) is 14.4. The monoisotopic (exact) mass is 340 g/mol. The first kappa shape index (κ1) is 17.1. The Balaban J connectivity index is 1.70. The highest BCUT2D eigenvalue weighted by Crippen LogP contribution is 2.27. The van der Waals surface area contributed by atoms with E-state index < -0.39 is 5.92 Å². The third kappa shape index (κ3) is 3.55. The van der Waals surface area contributed by atoms with Crippen LogP contribution in [0.3, 0.4) is 0 Å². The quantitative estimate of drug-likeness (QED) is 0.863. The topological polar surface area (TPSA) is 49.4 Å². The maximum absolute atomic E-state index is 13.6. The van der Waals surface area contributed by atoms with Crippen LogP contribution in [0.5, 0.6) is 0 Å². The molecule has 1 atom stereocenters. The molecule has 0 radical (unpaired) electrons. The summed E-state index contributed by atoms with van der Waals surface area (Å²) in [6.45, 7) is 4.23. The number of amides is 2. The van der Waals surface area contributed by atoms with E-state index >= 15 is 0 Å². The second-order valence-corrected chi connectivity index (χ2v) is 6.30. The zero-order valence-electron chi connectivity index (χ0n) is 14.4.